The van der Waals surface area contributed by atoms with Crippen molar-refractivity contribution in [3.63, 3.8) is 0 Å². The van der Waals surface area contributed by atoms with Crippen molar-refractivity contribution >= 4 is 33.6 Å². The van der Waals surface area contributed by atoms with Crippen LogP contribution in [0.4, 0.5) is 0 Å². The van der Waals surface area contributed by atoms with Crippen LogP contribution in [0.2, 0.25) is 0 Å². The van der Waals surface area contributed by atoms with Crippen molar-refractivity contribution in [3.8, 4) is 0 Å². The summed E-state index contributed by atoms with van der Waals surface area (Å²) in [6, 6.07) is 0. The maximum Gasteiger partial charge on any atom is 0.472 e. The zero-order valence-corrected chi connectivity index (χ0v) is 66.9. The third-order valence-electron chi connectivity index (χ3n) is 16.1. The van der Waals surface area contributed by atoms with Crippen LogP contribution in [0.15, 0.2) is 182 Å². The summed E-state index contributed by atoms with van der Waals surface area (Å²) in [7, 11) is -9.84. The van der Waals surface area contributed by atoms with Gasteiger partial charge in [0.1, 0.15) is 25.4 Å². The van der Waals surface area contributed by atoms with Gasteiger partial charge in [0.2, 0.25) is 0 Å². The second-order valence-corrected chi connectivity index (χ2v) is 29.0. The Morgan fingerprint density at radius 1 is 0.276 bits per heavy atom. The molecule has 0 aromatic heterocycles. The van der Waals surface area contributed by atoms with E-state index in [4.69, 9.17) is 32.3 Å². The van der Waals surface area contributed by atoms with Gasteiger partial charge in [0.25, 0.3) is 0 Å². The normalized spacial score (nSPS) is 14.9. The number of carbonyl (C=O) groups excluding carboxylic acids is 3. The van der Waals surface area contributed by atoms with Crippen molar-refractivity contribution in [3.05, 3.63) is 182 Å². The first-order chi connectivity index (χ1) is 51.2. The number of phosphoric ester groups is 2. The van der Waals surface area contributed by atoms with Gasteiger partial charge in [-0.1, -0.05) is 306 Å². The summed E-state index contributed by atoms with van der Waals surface area (Å²) in [6.07, 6.45) is 101. The van der Waals surface area contributed by atoms with Gasteiger partial charge in [-0.2, -0.15) is 0 Å². The largest absolute Gasteiger partial charge is 0.472 e. The van der Waals surface area contributed by atoms with Crippen LogP contribution in [-0.2, 0) is 55.8 Å². The third-order valence-corrected chi connectivity index (χ3v) is 18.0. The molecule has 0 aromatic rings. The van der Waals surface area contributed by atoms with Gasteiger partial charge in [-0.05, 0) is 148 Å². The zero-order valence-electron chi connectivity index (χ0n) is 65.1. The lowest BCUT2D eigenvalue weighted by molar-refractivity contribution is -0.161. The number of rotatable bonds is 74. The summed E-state index contributed by atoms with van der Waals surface area (Å²) < 4.78 is 61.1. The lowest BCUT2D eigenvalue weighted by Crippen LogP contribution is -2.29. The molecular formula is C87H142O16P2. The fourth-order valence-electron chi connectivity index (χ4n) is 10.1. The van der Waals surface area contributed by atoms with E-state index in [9.17, 15) is 43.5 Å². The number of aliphatic hydroxyl groups is 2. The monoisotopic (exact) mass is 1500 g/mol. The molecule has 5 unspecified atom stereocenters. The predicted octanol–water partition coefficient (Wildman–Crippen LogP) is 23.8. The van der Waals surface area contributed by atoms with E-state index in [0.29, 0.717) is 25.7 Å². The molecule has 0 saturated heterocycles. The van der Waals surface area contributed by atoms with E-state index >= 15 is 0 Å². The number of hydrogen-bond donors (Lipinski definition) is 4. The Kier molecular flexibility index (Phi) is 74.3. The molecular weight excluding hydrogens is 1360 g/mol. The van der Waals surface area contributed by atoms with Crippen LogP contribution in [0, 0.1) is 0 Å². The number of hydrogen-bond acceptors (Lipinski definition) is 14. The summed E-state index contributed by atoms with van der Waals surface area (Å²) in [4.78, 5) is 58.7. The Morgan fingerprint density at radius 2 is 0.524 bits per heavy atom. The highest BCUT2D eigenvalue weighted by molar-refractivity contribution is 7.47. The number of phosphoric acid groups is 2. The van der Waals surface area contributed by atoms with E-state index in [0.717, 1.165) is 141 Å². The third kappa shape index (κ3) is 79.5. The molecule has 0 amide bonds. The van der Waals surface area contributed by atoms with Crippen LogP contribution in [0.1, 0.15) is 290 Å². The molecule has 0 saturated carbocycles. The fourth-order valence-corrected chi connectivity index (χ4v) is 11.7. The number of allylic oxidation sites excluding steroid dienone is 30. The second kappa shape index (κ2) is 78.2. The van der Waals surface area contributed by atoms with E-state index in [2.05, 4.69) is 185 Å². The Balaban J connectivity index is 4.67. The highest BCUT2D eigenvalue weighted by atomic mass is 31.2. The highest BCUT2D eigenvalue weighted by Gasteiger charge is 2.29. The van der Waals surface area contributed by atoms with Gasteiger partial charge in [-0.3, -0.25) is 32.5 Å². The molecule has 0 radical (unpaired) electrons. The number of ether oxygens (including phenoxy) is 3. The summed E-state index contributed by atoms with van der Waals surface area (Å²) in [5.74, 6) is -1.71. The summed E-state index contributed by atoms with van der Waals surface area (Å²) in [5.41, 5.74) is 0. The molecule has 4 N–H and O–H groups in total. The minimum Gasteiger partial charge on any atom is -0.463 e. The molecule has 0 bridgehead atoms. The first-order valence-electron chi connectivity index (χ1n) is 40.1. The summed E-state index contributed by atoms with van der Waals surface area (Å²) in [6.45, 7) is 2.30. The minimum absolute atomic E-state index is 0.0325. The number of aliphatic hydroxyl groups excluding tert-OH is 2. The molecule has 16 nitrogen and oxygen atoms in total. The molecule has 0 heterocycles. The molecule has 18 heteroatoms. The standard InChI is InChI=1S/C87H142O16P2/c1-4-7-10-13-16-19-22-25-28-31-34-36-37-38-39-40-41-42-43-45-48-49-52-55-58-61-64-67-70-73-85(90)97-76-82(88)77-99-104(93,94)100-78-83(89)79-101-105(95,96)102-81-84(103-87(92)75-72-69-66-63-60-57-54-51-46-33-30-27-24-21-18-15-12-9-6-3)80-98-86(91)74-71-68-65-62-59-56-53-50-47-44-35-32-29-26-23-20-17-14-11-8-5-2/h8-9,11-12,16-21,25-30,34-36,38-39,44,46,50-51,53,57,60,66,69,82-84,88-89H,4-7,10,13-15,22-24,31-33,37,40-43,45,47-49,52,54-56,58-59,61-65,67-68,70-81H2,1-3H3,(H,93,94)(H,95,96)/b11-8-,12-9-,19-16-,20-17-,21-18-,28-25-,29-26-,30-27-,36-34-,39-38-,44-35-,51-46-,53-50-,60-57-,69-66-. The molecule has 0 aliphatic rings. The maximum atomic E-state index is 13.0. The van der Waals surface area contributed by atoms with Gasteiger partial charge in [0.05, 0.1) is 26.4 Å². The number of carbonyl (C=O) groups is 3. The van der Waals surface area contributed by atoms with Gasteiger partial charge in [-0.15, -0.1) is 0 Å². The van der Waals surface area contributed by atoms with Crippen LogP contribution >= 0.6 is 15.6 Å². The van der Waals surface area contributed by atoms with Gasteiger partial charge in [0, 0.05) is 19.3 Å². The Labute approximate surface area is 636 Å². The fraction of sp³-hybridized carbons (Fsp3) is 0.621. The summed E-state index contributed by atoms with van der Waals surface area (Å²) >= 11 is 0. The van der Waals surface area contributed by atoms with Crippen LogP contribution in [0.3, 0.4) is 0 Å². The molecule has 0 fully saturated rings. The van der Waals surface area contributed by atoms with E-state index < -0.39 is 91.5 Å². The van der Waals surface area contributed by atoms with Gasteiger partial charge in [-0.25, -0.2) is 9.13 Å². The van der Waals surface area contributed by atoms with Gasteiger partial charge >= 0.3 is 33.6 Å². The van der Waals surface area contributed by atoms with E-state index in [1.54, 1.807) is 0 Å². The Morgan fingerprint density at radius 3 is 0.838 bits per heavy atom. The highest BCUT2D eigenvalue weighted by Crippen LogP contribution is 2.45. The second-order valence-electron chi connectivity index (χ2n) is 26.1. The van der Waals surface area contributed by atoms with E-state index in [-0.39, 0.29) is 19.3 Å². The molecule has 596 valence electrons. The topological polar surface area (TPSA) is 231 Å². The number of esters is 3. The zero-order chi connectivity index (χ0) is 76.6. The predicted molar refractivity (Wildman–Crippen MR) is 435 cm³/mol. The summed E-state index contributed by atoms with van der Waals surface area (Å²) in [5, 5.41) is 20.7. The molecule has 0 aliphatic heterocycles. The van der Waals surface area contributed by atoms with E-state index in [1.165, 1.54) is 83.5 Å². The molecule has 0 spiro atoms. The first-order valence-corrected chi connectivity index (χ1v) is 43.1. The Bertz CT molecular complexity index is 2640. The first kappa shape index (κ1) is 99.7. The van der Waals surface area contributed by atoms with Crippen molar-refractivity contribution in [1.29, 1.82) is 0 Å². The van der Waals surface area contributed by atoms with Crippen LogP contribution < -0.4 is 0 Å². The van der Waals surface area contributed by atoms with Crippen molar-refractivity contribution in [1.82, 2.24) is 0 Å². The molecule has 0 rings (SSSR count). The maximum absolute atomic E-state index is 13.0. The average Bonchev–Trinajstić information content (AvgIpc) is 0.940. The van der Waals surface area contributed by atoms with Crippen molar-refractivity contribution in [2.75, 3.05) is 39.6 Å². The Hall–Kier alpha value is -5.35. The molecule has 5 atom stereocenters. The van der Waals surface area contributed by atoms with Crippen molar-refractivity contribution < 1.29 is 75.8 Å². The number of unbranched alkanes of at least 4 members (excludes halogenated alkanes) is 21. The van der Waals surface area contributed by atoms with Crippen LogP contribution in [0.25, 0.3) is 0 Å². The van der Waals surface area contributed by atoms with Gasteiger partial charge in [0.15, 0.2) is 6.10 Å². The lowest BCUT2D eigenvalue weighted by Gasteiger charge is -2.21. The average molecular weight is 1510 g/mol. The van der Waals surface area contributed by atoms with E-state index in [1.807, 2.05) is 18.2 Å². The molecule has 105 heavy (non-hydrogen) atoms. The smallest absolute Gasteiger partial charge is 0.463 e. The lowest BCUT2D eigenvalue weighted by atomic mass is 10.0. The van der Waals surface area contributed by atoms with Crippen LogP contribution in [0.5, 0.6) is 0 Å². The van der Waals surface area contributed by atoms with Gasteiger partial charge < -0.3 is 34.2 Å². The van der Waals surface area contributed by atoms with Crippen LogP contribution in [-0.4, -0.2) is 95.9 Å². The SMILES string of the molecule is CC/C=C\C/C=C\C/C=C\C/C=C\C/C=C\C/C=C\CCC(=O)OC(COC(=O)CCCCCCC/C=C\C/C=C\C/C=C\C/C=C\C/C=C\CC)COP(=O)(O)OCC(O)COP(=O)(O)OCC(O)COC(=O)CCCCCCCCCCCCCCC/C=C\C/C=C\C/C=C\C/C=C\CCCCC. The van der Waals surface area contributed by atoms with Crippen molar-refractivity contribution in [2.24, 2.45) is 0 Å². The quantitative estimate of drug-likeness (QED) is 0.0146. The molecule has 0 aliphatic carbocycles. The minimum atomic E-state index is -4.97. The molecule has 0 aromatic carbocycles. The van der Waals surface area contributed by atoms with Crippen molar-refractivity contribution in [2.45, 2.75) is 309 Å².